The zero-order valence-corrected chi connectivity index (χ0v) is 17.4. The highest BCUT2D eigenvalue weighted by atomic mass is 16.5. The maximum absolute atomic E-state index is 12.3. The van der Waals surface area contributed by atoms with Crippen LogP contribution in [0.15, 0.2) is 0 Å². The van der Waals surface area contributed by atoms with Gasteiger partial charge in [-0.3, -0.25) is 9.59 Å². The molecule has 0 aromatic heterocycles. The van der Waals surface area contributed by atoms with Crippen molar-refractivity contribution in [3.63, 3.8) is 0 Å². The van der Waals surface area contributed by atoms with Gasteiger partial charge < -0.3 is 9.84 Å². The van der Waals surface area contributed by atoms with Gasteiger partial charge in [-0.05, 0) is 87.9 Å². The first-order chi connectivity index (χ1) is 12.6. The summed E-state index contributed by atoms with van der Waals surface area (Å²) < 4.78 is 5.54. The molecule has 0 saturated heterocycles. The van der Waals surface area contributed by atoms with E-state index in [1.165, 1.54) is 6.92 Å². The number of Topliss-reactive ketones (excluding diaryl/α,β-unsaturated/α-hetero) is 1. The lowest BCUT2D eigenvalue weighted by Crippen LogP contribution is -2.62. The van der Waals surface area contributed by atoms with E-state index in [1.807, 2.05) is 0 Å². The van der Waals surface area contributed by atoms with Crippen molar-refractivity contribution in [3.05, 3.63) is 0 Å². The van der Waals surface area contributed by atoms with Crippen LogP contribution in [0, 0.1) is 34.5 Å². The van der Waals surface area contributed by atoms with Gasteiger partial charge in [0.25, 0.3) is 0 Å². The minimum absolute atomic E-state index is 0.0219. The molecule has 4 saturated carbocycles. The van der Waals surface area contributed by atoms with Crippen LogP contribution in [0.5, 0.6) is 0 Å². The summed E-state index contributed by atoms with van der Waals surface area (Å²) in [6.07, 6.45) is 8.96. The lowest BCUT2D eigenvalue weighted by molar-refractivity contribution is -0.211. The summed E-state index contributed by atoms with van der Waals surface area (Å²) in [5, 5.41) is 11.9. The Kier molecular flexibility index (Phi) is 4.53. The van der Waals surface area contributed by atoms with Gasteiger partial charge in [-0.25, -0.2) is 0 Å². The topological polar surface area (TPSA) is 63.6 Å². The molecule has 27 heavy (non-hydrogen) atoms. The molecule has 0 aliphatic heterocycles. The Morgan fingerprint density at radius 1 is 0.926 bits per heavy atom. The molecule has 0 aromatic rings. The lowest BCUT2D eigenvalue weighted by atomic mass is 9.43. The number of aliphatic hydroxyl groups is 1. The highest BCUT2D eigenvalue weighted by molar-refractivity contribution is 5.80. The summed E-state index contributed by atoms with van der Waals surface area (Å²) in [4.78, 5) is 23.7. The monoisotopic (exact) mass is 376 g/mol. The van der Waals surface area contributed by atoms with E-state index in [9.17, 15) is 14.7 Å². The second-order valence-electron chi connectivity index (χ2n) is 10.6. The van der Waals surface area contributed by atoms with E-state index < -0.39 is 5.60 Å². The molecule has 0 amide bonds. The number of rotatable bonds is 2. The average Bonchev–Trinajstić information content (AvgIpc) is 2.86. The molecule has 0 aromatic carbocycles. The van der Waals surface area contributed by atoms with Gasteiger partial charge in [0.15, 0.2) is 0 Å². The smallest absolute Gasteiger partial charge is 0.302 e. The van der Waals surface area contributed by atoms with E-state index in [2.05, 4.69) is 13.8 Å². The molecule has 4 heteroatoms. The van der Waals surface area contributed by atoms with Crippen LogP contribution in [-0.4, -0.2) is 28.6 Å². The highest BCUT2D eigenvalue weighted by Crippen LogP contribution is 2.69. The summed E-state index contributed by atoms with van der Waals surface area (Å²) in [5.41, 5.74) is -0.712. The molecule has 0 heterocycles. The first kappa shape index (κ1) is 19.4. The third-order valence-electron chi connectivity index (χ3n) is 9.63. The first-order valence-electron chi connectivity index (χ1n) is 11.0. The maximum Gasteiger partial charge on any atom is 0.302 e. The van der Waals surface area contributed by atoms with E-state index >= 15 is 0 Å². The molecule has 4 aliphatic rings. The van der Waals surface area contributed by atoms with Crippen LogP contribution >= 0.6 is 0 Å². The summed E-state index contributed by atoms with van der Waals surface area (Å²) in [5.74, 6) is 1.53. The SMILES string of the molecule is CC(=O)O[C@H]1CC[C@@]2(C)[C@@H](CC[C@@H]3[C@@H]2CC[C@]2(C)[C@@H](C(C)=O)CC[C@]32O)C1. The van der Waals surface area contributed by atoms with Crippen molar-refractivity contribution >= 4 is 11.8 Å². The number of ketones is 1. The van der Waals surface area contributed by atoms with Crippen molar-refractivity contribution < 1.29 is 19.4 Å². The molecule has 0 radical (unpaired) electrons. The molecule has 4 fully saturated rings. The molecule has 152 valence electrons. The van der Waals surface area contributed by atoms with Crippen LogP contribution in [0.25, 0.3) is 0 Å². The van der Waals surface area contributed by atoms with E-state index in [1.54, 1.807) is 6.92 Å². The number of fused-ring (bicyclic) bond motifs is 5. The maximum atomic E-state index is 12.3. The lowest BCUT2D eigenvalue weighted by Gasteiger charge is -2.63. The van der Waals surface area contributed by atoms with Gasteiger partial charge in [0.2, 0.25) is 0 Å². The Hall–Kier alpha value is -0.900. The van der Waals surface area contributed by atoms with Crippen molar-refractivity contribution in [2.24, 2.45) is 34.5 Å². The molecular weight excluding hydrogens is 340 g/mol. The zero-order chi connectivity index (χ0) is 19.6. The van der Waals surface area contributed by atoms with Crippen molar-refractivity contribution in [3.8, 4) is 0 Å². The van der Waals surface area contributed by atoms with Gasteiger partial charge in [0.05, 0.1) is 5.60 Å². The predicted octanol–water partition coefficient (Wildman–Crippen LogP) is 4.28. The fraction of sp³-hybridized carbons (Fsp3) is 0.913. The Morgan fingerprint density at radius 3 is 2.33 bits per heavy atom. The van der Waals surface area contributed by atoms with Crippen molar-refractivity contribution in [2.45, 2.75) is 97.2 Å². The number of esters is 1. The number of hydrogen-bond acceptors (Lipinski definition) is 4. The van der Waals surface area contributed by atoms with E-state index in [-0.39, 0.29) is 34.6 Å². The van der Waals surface area contributed by atoms with Gasteiger partial charge >= 0.3 is 5.97 Å². The number of carbonyl (C=O) groups excluding carboxylic acids is 2. The zero-order valence-electron chi connectivity index (χ0n) is 17.4. The van der Waals surface area contributed by atoms with Gasteiger partial charge in [-0.2, -0.15) is 0 Å². The van der Waals surface area contributed by atoms with Crippen LogP contribution in [0.3, 0.4) is 0 Å². The molecule has 0 spiro atoms. The van der Waals surface area contributed by atoms with Crippen LogP contribution < -0.4 is 0 Å². The van der Waals surface area contributed by atoms with Crippen LogP contribution in [0.4, 0.5) is 0 Å². The quantitative estimate of drug-likeness (QED) is 0.731. The minimum Gasteiger partial charge on any atom is -0.463 e. The number of carbonyl (C=O) groups is 2. The van der Waals surface area contributed by atoms with Crippen LogP contribution in [-0.2, 0) is 14.3 Å². The normalized spacial score (nSPS) is 51.7. The summed E-state index contributed by atoms with van der Waals surface area (Å²) >= 11 is 0. The second-order valence-corrected chi connectivity index (χ2v) is 10.6. The van der Waals surface area contributed by atoms with E-state index in [0.717, 1.165) is 57.8 Å². The van der Waals surface area contributed by atoms with Gasteiger partial charge in [0, 0.05) is 18.3 Å². The first-order valence-corrected chi connectivity index (χ1v) is 11.0. The molecular formula is C23H36O4. The second kappa shape index (κ2) is 6.30. The third kappa shape index (κ3) is 2.65. The summed E-state index contributed by atoms with van der Waals surface area (Å²) in [6.45, 7) is 7.84. The molecule has 4 nitrogen and oxygen atoms in total. The Labute approximate surface area is 163 Å². The van der Waals surface area contributed by atoms with E-state index in [0.29, 0.717) is 17.8 Å². The fourth-order valence-corrected chi connectivity index (χ4v) is 8.18. The predicted molar refractivity (Wildman–Crippen MR) is 103 cm³/mol. The molecule has 4 aliphatic carbocycles. The molecule has 1 N–H and O–H groups in total. The number of ether oxygens (including phenoxy) is 1. The van der Waals surface area contributed by atoms with Crippen molar-refractivity contribution in [1.29, 1.82) is 0 Å². The molecule has 0 unspecified atom stereocenters. The van der Waals surface area contributed by atoms with Gasteiger partial charge in [0.1, 0.15) is 11.9 Å². The van der Waals surface area contributed by atoms with Gasteiger partial charge in [-0.1, -0.05) is 13.8 Å². The Balaban J connectivity index is 1.59. The van der Waals surface area contributed by atoms with Crippen molar-refractivity contribution in [1.82, 2.24) is 0 Å². The minimum atomic E-state index is -0.688. The van der Waals surface area contributed by atoms with Crippen LogP contribution in [0.1, 0.15) is 85.5 Å². The number of hydrogen-bond donors (Lipinski definition) is 1. The fourth-order valence-electron chi connectivity index (χ4n) is 8.18. The molecule has 0 bridgehead atoms. The average molecular weight is 377 g/mol. The van der Waals surface area contributed by atoms with Crippen LogP contribution in [0.2, 0.25) is 0 Å². The Bertz CT molecular complexity index is 644. The van der Waals surface area contributed by atoms with Gasteiger partial charge in [-0.15, -0.1) is 0 Å². The summed E-state index contributed by atoms with van der Waals surface area (Å²) in [7, 11) is 0. The Morgan fingerprint density at radius 2 is 1.67 bits per heavy atom. The standard InChI is InChI=1S/C23H36O4/c1-14(24)18-9-12-23(26)20-6-5-16-13-17(27-15(2)25)7-10-21(16,3)19(20)8-11-22(18,23)4/h16-20,26H,5-13H2,1-4H3/t16-,17-,18+,19-,20+,21-,22+,23-/m0/s1. The molecule has 8 atom stereocenters. The summed E-state index contributed by atoms with van der Waals surface area (Å²) in [6, 6.07) is 0. The van der Waals surface area contributed by atoms with E-state index in [4.69, 9.17) is 4.74 Å². The molecule has 4 rings (SSSR count). The highest BCUT2D eigenvalue weighted by Gasteiger charge is 2.67. The van der Waals surface area contributed by atoms with Crippen molar-refractivity contribution in [2.75, 3.05) is 0 Å². The largest absolute Gasteiger partial charge is 0.463 e. The third-order valence-corrected chi connectivity index (χ3v) is 9.63.